The average Bonchev–Trinajstić information content (AvgIpc) is 2.33. The van der Waals surface area contributed by atoms with Gasteiger partial charge >= 0.3 is 0 Å². The molecule has 0 amide bonds. The summed E-state index contributed by atoms with van der Waals surface area (Å²) in [6.07, 6.45) is 6.64. The van der Waals surface area contributed by atoms with Gasteiger partial charge in [0, 0.05) is 12.2 Å². The number of aromatic nitrogens is 1. The molecule has 0 aliphatic heterocycles. The fraction of sp³-hybridized carbons (Fsp3) is 0.643. The van der Waals surface area contributed by atoms with Crippen molar-refractivity contribution in [3.05, 3.63) is 30.1 Å². The van der Waals surface area contributed by atoms with Crippen LogP contribution in [-0.4, -0.2) is 30.0 Å². The van der Waals surface area contributed by atoms with Crippen LogP contribution in [-0.2, 0) is 0 Å². The van der Waals surface area contributed by atoms with Gasteiger partial charge in [-0.05, 0) is 57.8 Å². The highest BCUT2D eigenvalue weighted by atomic mass is 15.1. The second-order valence-electron chi connectivity index (χ2n) is 5.34. The van der Waals surface area contributed by atoms with Crippen LogP contribution in [0.1, 0.15) is 37.4 Å². The first-order chi connectivity index (χ1) is 8.18. The summed E-state index contributed by atoms with van der Waals surface area (Å²) in [5, 5.41) is 0. The van der Waals surface area contributed by atoms with E-state index in [9.17, 15) is 0 Å². The highest BCUT2D eigenvalue weighted by Crippen LogP contribution is 2.35. The molecule has 1 heterocycles. The minimum absolute atomic E-state index is 0.415. The number of hydrogen-bond donors (Lipinski definition) is 1. The third-order valence-electron chi connectivity index (χ3n) is 3.81. The molecule has 0 bridgehead atoms. The molecule has 1 aromatic rings. The number of nitrogens with two attached hydrogens (primary N) is 1. The Morgan fingerprint density at radius 1 is 1.24 bits per heavy atom. The zero-order chi connectivity index (χ0) is 12.3. The Morgan fingerprint density at radius 3 is 2.47 bits per heavy atom. The number of pyridine rings is 1. The Labute approximate surface area is 104 Å². The molecule has 1 saturated carbocycles. The molecule has 17 heavy (non-hydrogen) atoms. The minimum Gasteiger partial charge on any atom is -0.328 e. The van der Waals surface area contributed by atoms with Crippen LogP contribution < -0.4 is 5.73 Å². The molecule has 0 spiro atoms. The molecular weight excluding hydrogens is 210 g/mol. The van der Waals surface area contributed by atoms with Crippen molar-refractivity contribution in [3.63, 3.8) is 0 Å². The lowest BCUT2D eigenvalue weighted by Gasteiger charge is -2.36. The molecule has 1 aliphatic carbocycles. The number of hydrogen-bond acceptors (Lipinski definition) is 3. The van der Waals surface area contributed by atoms with Gasteiger partial charge in [-0.3, -0.25) is 4.98 Å². The van der Waals surface area contributed by atoms with E-state index >= 15 is 0 Å². The molecule has 1 unspecified atom stereocenters. The maximum atomic E-state index is 5.98. The first-order valence-corrected chi connectivity index (χ1v) is 6.51. The monoisotopic (exact) mass is 233 g/mol. The van der Waals surface area contributed by atoms with E-state index in [4.69, 9.17) is 5.73 Å². The van der Waals surface area contributed by atoms with Crippen LogP contribution in [0.25, 0.3) is 0 Å². The van der Waals surface area contributed by atoms with Gasteiger partial charge in [0.25, 0.3) is 0 Å². The molecule has 3 nitrogen and oxygen atoms in total. The van der Waals surface area contributed by atoms with Gasteiger partial charge in [-0.2, -0.15) is 0 Å². The molecule has 2 rings (SSSR count). The largest absolute Gasteiger partial charge is 0.328 e. The van der Waals surface area contributed by atoms with E-state index in [1.165, 1.54) is 18.5 Å². The molecule has 1 aliphatic rings. The molecule has 3 heteroatoms. The Hall–Kier alpha value is -0.930. The molecule has 0 aromatic carbocycles. The molecular formula is C14H23N3. The number of nitrogens with zero attached hydrogens (tertiary/aromatic N) is 2. The van der Waals surface area contributed by atoms with Crippen LogP contribution in [0.5, 0.6) is 0 Å². The third kappa shape index (κ3) is 3.05. The van der Waals surface area contributed by atoms with Gasteiger partial charge < -0.3 is 10.6 Å². The van der Waals surface area contributed by atoms with Gasteiger partial charge in [0.15, 0.2) is 0 Å². The SMILES string of the molecule is CN(C)C(c1ccccn1)C1CCC(N)CC1. The zero-order valence-electron chi connectivity index (χ0n) is 10.8. The maximum absolute atomic E-state index is 5.98. The highest BCUT2D eigenvalue weighted by molar-refractivity contribution is 5.10. The van der Waals surface area contributed by atoms with Crippen molar-refractivity contribution in [2.75, 3.05) is 14.1 Å². The first kappa shape index (κ1) is 12.5. The second kappa shape index (κ2) is 5.61. The van der Waals surface area contributed by atoms with Crippen LogP contribution in [0.3, 0.4) is 0 Å². The van der Waals surface area contributed by atoms with Gasteiger partial charge in [0.2, 0.25) is 0 Å². The molecule has 1 fully saturated rings. The summed E-state index contributed by atoms with van der Waals surface area (Å²) in [6.45, 7) is 0. The quantitative estimate of drug-likeness (QED) is 0.870. The Balaban J connectivity index is 2.13. The lowest BCUT2D eigenvalue weighted by atomic mass is 9.80. The molecule has 1 atom stereocenters. The van der Waals surface area contributed by atoms with Crippen LogP contribution >= 0.6 is 0 Å². The van der Waals surface area contributed by atoms with Crippen molar-refractivity contribution in [1.82, 2.24) is 9.88 Å². The van der Waals surface area contributed by atoms with Crippen molar-refractivity contribution in [3.8, 4) is 0 Å². The Morgan fingerprint density at radius 2 is 1.94 bits per heavy atom. The Bertz CT molecular complexity index is 329. The van der Waals surface area contributed by atoms with Crippen molar-refractivity contribution in [1.29, 1.82) is 0 Å². The summed E-state index contributed by atoms with van der Waals surface area (Å²) >= 11 is 0. The highest BCUT2D eigenvalue weighted by Gasteiger charge is 2.29. The van der Waals surface area contributed by atoms with Crippen LogP contribution in [0.4, 0.5) is 0 Å². The minimum atomic E-state index is 0.415. The Kier molecular flexibility index (Phi) is 4.13. The van der Waals surface area contributed by atoms with E-state index in [1.54, 1.807) is 0 Å². The van der Waals surface area contributed by atoms with E-state index in [-0.39, 0.29) is 0 Å². The first-order valence-electron chi connectivity index (χ1n) is 6.51. The van der Waals surface area contributed by atoms with Gasteiger partial charge in [-0.15, -0.1) is 0 Å². The lowest BCUT2D eigenvalue weighted by Crippen LogP contribution is -2.34. The van der Waals surface area contributed by atoms with E-state index in [1.807, 2.05) is 12.3 Å². The van der Waals surface area contributed by atoms with E-state index in [2.05, 4.69) is 36.1 Å². The summed E-state index contributed by atoms with van der Waals surface area (Å²) in [4.78, 5) is 6.82. The topological polar surface area (TPSA) is 42.2 Å². The summed E-state index contributed by atoms with van der Waals surface area (Å²) < 4.78 is 0. The lowest BCUT2D eigenvalue weighted by molar-refractivity contribution is 0.160. The molecule has 0 radical (unpaired) electrons. The smallest absolute Gasteiger partial charge is 0.0577 e. The normalized spacial score (nSPS) is 27.1. The standard InChI is InChI=1S/C14H23N3/c1-17(2)14(13-5-3-4-10-16-13)11-6-8-12(15)9-7-11/h3-5,10-12,14H,6-9,15H2,1-2H3. The molecule has 2 N–H and O–H groups in total. The van der Waals surface area contributed by atoms with Crippen LogP contribution in [0, 0.1) is 5.92 Å². The summed E-state index contributed by atoms with van der Waals surface area (Å²) in [6, 6.07) is 7.04. The zero-order valence-corrected chi connectivity index (χ0v) is 10.8. The molecule has 1 aromatic heterocycles. The van der Waals surface area contributed by atoms with Crippen molar-refractivity contribution in [2.45, 2.75) is 37.8 Å². The van der Waals surface area contributed by atoms with Crippen LogP contribution in [0.15, 0.2) is 24.4 Å². The van der Waals surface area contributed by atoms with Gasteiger partial charge in [0.1, 0.15) is 0 Å². The number of rotatable bonds is 3. The molecule has 0 saturated heterocycles. The van der Waals surface area contributed by atoms with E-state index < -0.39 is 0 Å². The van der Waals surface area contributed by atoms with Crippen molar-refractivity contribution >= 4 is 0 Å². The van der Waals surface area contributed by atoms with Crippen molar-refractivity contribution in [2.24, 2.45) is 11.7 Å². The fourth-order valence-corrected chi connectivity index (χ4v) is 2.94. The average molecular weight is 233 g/mol. The fourth-order valence-electron chi connectivity index (χ4n) is 2.94. The van der Waals surface area contributed by atoms with Gasteiger partial charge in [0.05, 0.1) is 11.7 Å². The summed E-state index contributed by atoms with van der Waals surface area (Å²) in [7, 11) is 4.29. The second-order valence-corrected chi connectivity index (χ2v) is 5.34. The van der Waals surface area contributed by atoms with Crippen LogP contribution in [0.2, 0.25) is 0 Å². The van der Waals surface area contributed by atoms with Gasteiger partial charge in [-0.1, -0.05) is 6.07 Å². The summed E-state index contributed by atoms with van der Waals surface area (Å²) in [5.41, 5.74) is 7.18. The third-order valence-corrected chi connectivity index (χ3v) is 3.81. The van der Waals surface area contributed by atoms with Crippen molar-refractivity contribution < 1.29 is 0 Å². The summed E-state index contributed by atoms with van der Waals surface area (Å²) in [5.74, 6) is 0.694. The maximum Gasteiger partial charge on any atom is 0.0577 e. The van der Waals surface area contributed by atoms with E-state index in [0.717, 1.165) is 12.8 Å². The van der Waals surface area contributed by atoms with E-state index in [0.29, 0.717) is 18.0 Å². The predicted molar refractivity (Wildman–Crippen MR) is 70.6 cm³/mol. The van der Waals surface area contributed by atoms with Gasteiger partial charge in [-0.25, -0.2) is 0 Å². The molecule has 94 valence electrons. The predicted octanol–water partition coefficient (Wildman–Crippen LogP) is 2.20.